The number of nitrogens with one attached hydrogen (secondary N) is 1. The van der Waals surface area contributed by atoms with E-state index in [9.17, 15) is 18.8 Å². The number of nitrogens with zero attached hydrogens (tertiary/aromatic N) is 2. The number of hydrogen-bond donors (Lipinski definition) is 1. The van der Waals surface area contributed by atoms with Gasteiger partial charge >= 0.3 is 0 Å². The lowest BCUT2D eigenvalue weighted by Gasteiger charge is -2.26. The van der Waals surface area contributed by atoms with Crippen molar-refractivity contribution in [1.82, 2.24) is 4.57 Å². The van der Waals surface area contributed by atoms with Crippen LogP contribution in [0.2, 0.25) is 5.02 Å². The standard InChI is InChI=1S/C25H23ClFN3O3/c1-4-29-23-18-8-6-5-7-17(18)15(3)25(33)30(21(23)11-14(2)24(29)32)13-22(31)28-16-9-10-19(26)20(27)12-16/h5-12,15H,4,13H2,1-3H3,(H,28,31). The Balaban J connectivity index is 1.82. The second kappa shape index (κ2) is 8.83. The van der Waals surface area contributed by atoms with E-state index in [0.29, 0.717) is 23.5 Å². The summed E-state index contributed by atoms with van der Waals surface area (Å²) in [5.41, 5.74) is 3.23. The molecule has 0 radical (unpaired) electrons. The summed E-state index contributed by atoms with van der Waals surface area (Å²) in [6.45, 7) is 5.45. The van der Waals surface area contributed by atoms with Gasteiger partial charge in [0.2, 0.25) is 11.8 Å². The van der Waals surface area contributed by atoms with Crippen molar-refractivity contribution >= 4 is 34.8 Å². The van der Waals surface area contributed by atoms with Gasteiger partial charge in [-0.05, 0) is 50.6 Å². The van der Waals surface area contributed by atoms with E-state index in [1.807, 2.05) is 31.2 Å². The van der Waals surface area contributed by atoms with Crippen molar-refractivity contribution in [3.05, 3.63) is 80.9 Å². The summed E-state index contributed by atoms with van der Waals surface area (Å²) in [6, 6.07) is 13.1. The second-order valence-electron chi connectivity index (χ2n) is 8.02. The number of fused-ring (bicyclic) bond motifs is 3. The van der Waals surface area contributed by atoms with E-state index >= 15 is 0 Å². The Morgan fingerprint density at radius 1 is 1.15 bits per heavy atom. The zero-order chi connectivity index (χ0) is 23.9. The summed E-state index contributed by atoms with van der Waals surface area (Å²) in [5, 5.41) is 2.57. The molecule has 0 saturated carbocycles. The number of hydrogen-bond acceptors (Lipinski definition) is 3. The quantitative estimate of drug-likeness (QED) is 0.603. The molecular weight excluding hydrogens is 445 g/mol. The van der Waals surface area contributed by atoms with Crippen LogP contribution in [0.25, 0.3) is 11.3 Å². The number of aryl methyl sites for hydroxylation is 1. The van der Waals surface area contributed by atoms with Crippen LogP contribution in [0.15, 0.2) is 53.3 Å². The molecule has 33 heavy (non-hydrogen) atoms. The first-order valence-electron chi connectivity index (χ1n) is 10.6. The topological polar surface area (TPSA) is 71.4 Å². The molecule has 2 heterocycles. The Morgan fingerprint density at radius 2 is 1.88 bits per heavy atom. The van der Waals surface area contributed by atoms with Crippen LogP contribution in [0.4, 0.5) is 15.8 Å². The molecular formula is C25H23ClFN3O3. The molecule has 0 saturated heterocycles. The van der Waals surface area contributed by atoms with E-state index in [-0.39, 0.29) is 28.7 Å². The van der Waals surface area contributed by atoms with Crippen molar-refractivity contribution in [3.63, 3.8) is 0 Å². The Hall–Kier alpha value is -3.45. The fourth-order valence-electron chi connectivity index (χ4n) is 4.24. The molecule has 0 spiro atoms. The predicted molar refractivity (Wildman–Crippen MR) is 127 cm³/mol. The molecule has 6 nitrogen and oxygen atoms in total. The maximum absolute atomic E-state index is 13.8. The van der Waals surface area contributed by atoms with Gasteiger partial charge in [-0.25, -0.2) is 4.39 Å². The molecule has 3 aromatic rings. The van der Waals surface area contributed by atoms with Gasteiger partial charge in [0.15, 0.2) is 0 Å². The molecule has 170 valence electrons. The number of carbonyl (C=O) groups excluding carboxylic acids is 2. The van der Waals surface area contributed by atoms with E-state index in [2.05, 4.69) is 5.32 Å². The highest BCUT2D eigenvalue weighted by Gasteiger charge is 2.34. The molecule has 1 N–H and O–H groups in total. The second-order valence-corrected chi connectivity index (χ2v) is 8.43. The number of rotatable bonds is 4. The minimum absolute atomic E-state index is 0.0516. The van der Waals surface area contributed by atoms with Gasteiger partial charge in [0.25, 0.3) is 5.56 Å². The monoisotopic (exact) mass is 467 g/mol. The summed E-state index contributed by atoms with van der Waals surface area (Å²) < 4.78 is 15.4. The summed E-state index contributed by atoms with van der Waals surface area (Å²) >= 11 is 5.71. The first kappa shape index (κ1) is 22.7. The number of amides is 2. The lowest BCUT2D eigenvalue weighted by molar-refractivity contribution is -0.122. The smallest absolute Gasteiger partial charge is 0.254 e. The predicted octanol–water partition coefficient (Wildman–Crippen LogP) is 4.72. The first-order chi connectivity index (χ1) is 15.7. The number of benzene rings is 2. The van der Waals surface area contributed by atoms with E-state index < -0.39 is 17.6 Å². The third-order valence-corrected chi connectivity index (χ3v) is 6.19. The molecule has 1 atom stereocenters. The fraction of sp³-hybridized carbons (Fsp3) is 0.240. The van der Waals surface area contributed by atoms with Gasteiger partial charge in [0.05, 0.1) is 22.3 Å². The van der Waals surface area contributed by atoms with Crippen LogP contribution >= 0.6 is 11.6 Å². The molecule has 2 amide bonds. The van der Waals surface area contributed by atoms with Gasteiger partial charge in [0.1, 0.15) is 12.4 Å². The minimum atomic E-state index is -0.655. The third kappa shape index (κ3) is 4.04. The molecule has 1 aromatic heterocycles. The van der Waals surface area contributed by atoms with Crippen LogP contribution in [0.5, 0.6) is 0 Å². The zero-order valence-corrected chi connectivity index (χ0v) is 19.2. The molecule has 0 bridgehead atoms. The summed E-state index contributed by atoms with van der Waals surface area (Å²) in [6.07, 6.45) is 0. The fourth-order valence-corrected chi connectivity index (χ4v) is 4.35. The van der Waals surface area contributed by atoms with Crippen LogP contribution in [0, 0.1) is 12.7 Å². The lowest BCUT2D eigenvalue weighted by Crippen LogP contribution is -2.40. The van der Waals surface area contributed by atoms with Gasteiger partial charge in [-0.15, -0.1) is 0 Å². The van der Waals surface area contributed by atoms with Crippen molar-refractivity contribution in [3.8, 4) is 11.3 Å². The maximum atomic E-state index is 13.8. The van der Waals surface area contributed by atoms with Crippen LogP contribution in [0.1, 0.15) is 30.9 Å². The normalized spacial score (nSPS) is 15.0. The average Bonchev–Trinajstić information content (AvgIpc) is 2.87. The summed E-state index contributed by atoms with van der Waals surface area (Å²) in [5.74, 6) is -1.95. The van der Waals surface area contributed by atoms with E-state index in [0.717, 1.165) is 17.2 Å². The lowest BCUT2D eigenvalue weighted by atomic mass is 9.94. The largest absolute Gasteiger partial charge is 0.324 e. The third-order valence-electron chi connectivity index (χ3n) is 5.88. The summed E-state index contributed by atoms with van der Waals surface area (Å²) in [4.78, 5) is 40.8. The minimum Gasteiger partial charge on any atom is -0.324 e. The van der Waals surface area contributed by atoms with Gasteiger partial charge in [-0.2, -0.15) is 0 Å². The number of carbonyl (C=O) groups is 2. The summed E-state index contributed by atoms with van der Waals surface area (Å²) in [7, 11) is 0. The maximum Gasteiger partial charge on any atom is 0.254 e. The van der Waals surface area contributed by atoms with Crippen LogP contribution < -0.4 is 15.8 Å². The van der Waals surface area contributed by atoms with Crippen molar-refractivity contribution < 1.29 is 14.0 Å². The number of halogens is 2. The highest BCUT2D eigenvalue weighted by atomic mass is 35.5. The van der Waals surface area contributed by atoms with Crippen molar-refractivity contribution in [2.24, 2.45) is 0 Å². The van der Waals surface area contributed by atoms with Gasteiger partial charge in [-0.1, -0.05) is 35.9 Å². The molecule has 2 aromatic carbocycles. The van der Waals surface area contributed by atoms with Crippen molar-refractivity contribution in [1.29, 1.82) is 0 Å². The molecule has 0 fully saturated rings. The Morgan fingerprint density at radius 3 is 2.58 bits per heavy atom. The number of anilines is 2. The Kier molecular flexibility index (Phi) is 6.08. The Bertz CT molecular complexity index is 1330. The SMILES string of the molecule is CCn1c2c(cc(C)c1=O)N(CC(=O)Nc1ccc(Cl)c(F)c1)C(=O)C(C)c1ccccc1-2. The number of aromatic nitrogens is 1. The van der Waals surface area contributed by atoms with E-state index in [4.69, 9.17) is 11.6 Å². The van der Waals surface area contributed by atoms with Crippen LogP contribution in [0.3, 0.4) is 0 Å². The van der Waals surface area contributed by atoms with Crippen molar-refractivity contribution in [2.75, 3.05) is 16.8 Å². The highest BCUT2D eigenvalue weighted by Crippen LogP contribution is 2.40. The molecule has 1 unspecified atom stereocenters. The molecule has 8 heteroatoms. The van der Waals surface area contributed by atoms with E-state index in [1.54, 1.807) is 24.5 Å². The van der Waals surface area contributed by atoms with Crippen LogP contribution in [-0.4, -0.2) is 22.9 Å². The van der Waals surface area contributed by atoms with Crippen LogP contribution in [-0.2, 0) is 16.1 Å². The van der Waals surface area contributed by atoms with Gasteiger partial charge in [0, 0.05) is 23.4 Å². The average molecular weight is 468 g/mol. The van der Waals surface area contributed by atoms with Gasteiger partial charge in [-0.3, -0.25) is 14.4 Å². The molecule has 1 aliphatic heterocycles. The first-order valence-corrected chi connectivity index (χ1v) is 11.0. The number of pyridine rings is 1. The molecule has 4 rings (SSSR count). The molecule has 1 aliphatic rings. The van der Waals surface area contributed by atoms with Gasteiger partial charge < -0.3 is 14.8 Å². The highest BCUT2D eigenvalue weighted by molar-refractivity contribution is 6.30. The zero-order valence-electron chi connectivity index (χ0n) is 18.5. The van der Waals surface area contributed by atoms with Crippen molar-refractivity contribution in [2.45, 2.75) is 33.2 Å². The molecule has 0 aliphatic carbocycles. The van der Waals surface area contributed by atoms with E-state index in [1.165, 1.54) is 17.0 Å². The Labute approximate surface area is 195 Å².